The second-order valence-electron chi connectivity index (χ2n) is 8.72. The Morgan fingerprint density at radius 2 is 1.86 bits per heavy atom. The van der Waals surface area contributed by atoms with E-state index in [0.717, 1.165) is 12.8 Å². The van der Waals surface area contributed by atoms with Crippen molar-refractivity contribution in [2.24, 2.45) is 0 Å². The second kappa shape index (κ2) is 10.3. The summed E-state index contributed by atoms with van der Waals surface area (Å²) in [6.45, 7) is 2.10. The highest BCUT2D eigenvalue weighted by molar-refractivity contribution is 5.98. The number of ether oxygens (including phenoxy) is 3. The number of benzene rings is 2. The number of ketones is 1. The van der Waals surface area contributed by atoms with Crippen molar-refractivity contribution in [2.75, 3.05) is 26.4 Å². The molecule has 3 heterocycles. The molecule has 3 aromatic rings. The van der Waals surface area contributed by atoms with Gasteiger partial charge in [-0.3, -0.25) is 14.4 Å². The van der Waals surface area contributed by atoms with Gasteiger partial charge in [-0.2, -0.15) is 0 Å². The number of carbonyl (C=O) groups excluding carboxylic acids is 2. The molecule has 0 radical (unpaired) electrons. The lowest BCUT2D eigenvalue weighted by Gasteiger charge is -2.25. The van der Waals surface area contributed by atoms with Crippen molar-refractivity contribution in [3.63, 3.8) is 0 Å². The Morgan fingerprint density at radius 1 is 1.03 bits per heavy atom. The predicted molar refractivity (Wildman–Crippen MR) is 128 cm³/mol. The van der Waals surface area contributed by atoms with Crippen LogP contribution in [0.3, 0.4) is 0 Å². The van der Waals surface area contributed by atoms with E-state index in [9.17, 15) is 14.4 Å². The molecular weight excluding hydrogens is 450 g/mol. The van der Waals surface area contributed by atoms with Gasteiger partial charge in [-0.25, -0.2) is 4.98 Å². The van der Waals surface area contributed by atoms with Gasteiger partial charge in [0.15, 0.2) is 17.3 Å². The Bertz CT molecular complexity index is 1300. The van der Waals surface area contributed by atoms with Crippen molar-refractivity contribution in [1.82, 2.24) is 14.9 Å². The summed E-state index contributed by atoms with van der Waals surface area (Å²) in [5.74, 6) is 1.22. The lowest BCUT2D eigenvalue weighted by molar-refractivity contribution is -0.133. The van der Waals surface area contributed by atoms with Crippen LogP contribution >= 0.6 is 0 Å². The number of hydrogen-bond acceptors (Lipinski definition) is 7. The Kier molecular flexibility index (Phi) is 6.76. The van der Waals surface area contributed by atoms with Crippen LogP contribution in [-0.2, 0) is 16.1 Å². The molecule has 0 bridgehead atoms. The molecule has 2 aromatic carbocycles. The van der Waals surface area contributed by atoms with Crippen molar-refractivity contribution < 1.29 is 23.8 Å². The smallest absolute Gasteiger partial charge is 0.258 e. The number of H-pyrrole nitrogens is 1. The lowest BCUT2D eigenvalue weighted by atomic mass is 10.1. The van der Waals surface area contributed by atoms with Crippen molar-refractivity contribution in [1.29, 1.82) is 0 Å². The van der Waals surface area contributed by atoms with Crippen LogP contribution in [-0.4, -0.2) is 59.0 Å². The monoisotopic (exact) mass is 477 g/mol. The summed E-state index contributed by atoms with van der Waals surface area (Å²) in [5.41, 5.74) is 0.807. The van der Waals surface area contributed by atoms with E-state index in [0.29, 0.717) is 60.2 Å². The highest BCUT2D eigenvalue weighted by atomic mass is 16.6. The molecule has 182 valence electrons. The van der Waals surface area contributed by atoms with Crippen LogP contribution in [0, 0.1) is 0 Å². The normalized spacial score (nSPS) is 16.9. The molecule has 1 N–H and O–H groups in total. The summed E-state index contributed by atoms with van der Waals surface area (Å²) in [6, 6.07) is 12.1. The van der Waals surface area contributed by atoms with Gasteiger partial charge >= 0.3 is 0 Å². The number of nitrogens with zero attached hydrogens (tertiary/aromatic N) is 2. The Labute approximate surface area is 202 Å². The van der Waals surface area contributed by atoms with Crippen LogP contribution in [0.15, 0.2) is 47.3 Å². The molecule has 0 saturated carbocycles. The fourth-order valence-electron chi connectivity index (χ4n) is 4.42. The number of amides is 1. The Balaban J connectivity index is 1.29. The van der Waals surface area contributed by atoms with Gasteiger partial charge in [-0.15, -0.1) is 0 Å². The maximum absolute atomic E-state index is 13.2. The summed E-state index contributed by atoms with van der Waals surface area (Å²) in [5, 5.41) is 0.498. The van der Waals surface area contributed by atoms with Gasteiger partial charge in [0.05, 0.1) is 23.6 Å². The molecule has 5 rings (SSSR count). The first-order valence-corrected chi connectivity index (χ1v) is 11.9. The van der Waals surface area contributed by atoms with Gasteiger partial charge in [0.2, 0.25) is 5.91 Å². The minimum atomic E-state index is -0.246. The van der Waals surface area contributed by atoms with Crippen molar-refractivity contribution in [3.8, 4) is 11.5 Å². The second-order valence-corrected chi connectivity index (χ2v) is 8.72. The third-order valence-corrected chi connectivity index (χ3v) is 6.23. The van der Waals surface area contributed by atoms with Crippen molar-refractivity contribution in [2.45, 2.75) is 38.3 Å². The summed E-state index contributed by atoms with van der Waals surface area (Å²) in [4.78, 5) is 47.4. The number of aromatic amines is 1. The molecule has 1 fully saturated rings. The maximum atomic E-state index is 13.2. The Hall–Kier alpha value is -3.72. The molecule has 0 spiro atoms. The van der Waals surface area contributed by atoms with Gasteiger partial charge in [-0.1, -0.05) is 12.1 Å². The molecule has 9 heteroatoms. The fourth-order valence-corrected chi connectivity index (χ4v) is 4.42. The molecule has 2 aliphatic rings. The van der Waals surface area contributed by atoms with Gasteiger partial charge in [0.25, 0.3) is 5.56 Å². The number of aromatic nitrogens is 2. The number of para-hydroxylation sites is 1. The zero-order valence-corrected chi connectivity index (χ0v) is 19.3. The van der Waals surface area contributed by atoms with Crippen LogP contribution < -0.4 is 15.0 Å². The summed E-state index contributed by atoms with van der Waals surface area (Å²) < 4.78 is 16.8. The van der Waals surface area contributed by atoms with Crippen LogP contribution in [0.1, 0.15) is 41.9 Å². The number of fused-ring (bicyclic) bond motifs is 2. The highest BCUT2D eigenvalue weighted by Gasteiger charge is 2.24. The molecule has 0 aliphatic carbocycles. The lowest BCUT2D eigenvalue weighted by Crippen LogP contribution is -2.38. The third-order valence-electron chi connectivity index (χ3n) is 6.23. The van der Waals surface area contributed by atoms with E-state index in [1.54, 1.807) is 41.3 Å². The van der Waals surface area contributed by atoms with Crippen LogP contribution in [0.4, 0.5) is 0 Å². The van der Waals surface area contributed by atoms with Crippen molar-refractivity contribution in [3.05, 3.63) is 64.2 Å². The van der Waals surface area contributed by atoms with Crippen molar-refractivity contribution >= 4 is 22.6 Å². The van der Waals surface area contributed by atoms with Crippen LogP contribution in [0.5, 0.6) is 11.5 Å². The number of hydrogen-bond donors (Lipinski definition) is 1. The first kappa shape index (κ1) is 23.0. The number of Topliss-reactive ketones (excluding diaryl/α,β-unsaturated/α-hetero) is 1. The van der Waals surface area contributed by atoms with Crippen LogP contribution in [0.2, 0.25) is 0 Å². The SMILES string of the molecule is O=C(CCC(=O)N(Cc1nc2ccccc2c(=O)[nH]1)C[C@H]1CCCO1)c1ccc2c(c1)OCCO2. The number of rotatable bonds is 8. The van der Waals surface area contributed by atoms with E-state index in [2.05, 4.69) is 9.97 Å². The highest BCUT2D eigenvalue weighted by Crippen LogP contribution is 2.31. The summed E-state index contributed by atoms with van der Waals surface area (Å²) in [7, 11) is 0. The quantitative estimate of drug-likeness (QED) is 0.497. The molecular formula is C26H27N3O6. The van der Waals surface area contributed by atoms with E-state index >= 15 is 0 Å². The standard InChI is InChI=1S/C26H27N3O6/c30-21(17-7-9-22-23(14-17)35-13-12-34-22)8-10-25(31)29(15-18-4-3-11-33-18)16-24-27-20-6-2-1-5-19(20)26(32)28-24/h1-2,5-7,9,14,18H,3-4,8,10-13,15-16H2,(H,27,28,32)/t18-/m1/s1. The minimum Gasteiger partial charge on any atom is -0.486 e. The molecule has 9 nitrogen and oxygen atoms in total. The average molecular weight is 478 g/mol. The molecule has 1 aromatic heterocycles. The molecule has 1 amide bonds. The Morgan fingerprint density at radius 3 is 2.69 bits per heavy atom. The van der Waals surface area contributed by atoms with E-state index in [-0.39, 0.29) is 42.7 Å². The van der Waals surface area contributed by atoms with Gasteiger partial charge in [-0.05, 0) is 43.2 Å². The largest absolute Gasteiger partial charge is 0.486 e. The summed E-state index contributed by atoms with van der Waals surface area (Å²) >= 11 is 0. The van der Waals surface area contributed by atoms with Crippen LogP contribution in [0.25, 0.3) is 10.9 Å². The van der Waals surface area contributed by atoms with E-state index < -0.39 is 0 Å². The molecule has 35 heavy (non-hydrogen) atoms. The number of carbonyl (C=O) groups is 2. The average Bonchev–Trinajstić information content (AvgIpc) is 3.39. The molecule has 0 unspecified atom stereocenters. The van der Waals surface area contributed by atoms with Gasteiger partial charge < -0.3 is 24.1 Å². The zero-order valence-electron chi connectivity index (χ0n) is 19.3. The zero-order chi connectivity index (χ0) is 24.2. The molecule has 1 atom stereocenters. The maximum Gasteiger partial charge on any atom is 0.258 e. The minimum absolute atomic E-state index is 0.0395. The molecule has 2 aliphatic heterocycles. The first-order valence-electron chi connectivity index (χ1n) is 11.9. The summed E-state index contributed by atoms with van der Waals surface area (Å²) in [6.07, 6.45) is 1.83. The van der Waals surface area contributed by atoms with E-state index in [1.165, 1.54) is 0 Å². The van der Waals surface area contributed by atoms with E-state index in [4.69, 9.17) is 14.2 Å². The first-order chi connectivity index (χ1) is 17.1. The van der Waals surface area contributed by atoms with Gasteiger partial charge in [0, 0.05) is 31.6 Å². The molecule has 1 saturated heterocycles. The van der Waals surface area contributed by atoms with E-state index in [1.807, 2.05) is 6.07 Å². The predicted octanol–water partition coefficient (Wildman–Crippen LogP) is 2.87. The fraction of sp³-hybridized carbons (Fsp3) is 0.385. The number of nitrogens with one attached hydrogen (secondary N) is 1. The third kappa shape index (κ3) is 5.35. The topological polar surface area (TPSA) is 111 Å². The van der Waals surface area contributed by atoms with Gasteiger partial charge in [0.1, 0.15) is 19.0 Å².